The first-order valence-electron chi connectivity index (χ1n) is 10.5. The molecule has 29 heavy (non-hydrogen) atoms. The lowest BCUT2D eigenvalue weighted by molar-refractivity contribution is -0.120. The Labute approximate surface area is 175 Å². The first-order chi connectivity index (χ1) is 14.2. The number of hydrogen-bond acceptors (Lipinski definition) is 5. The Morgan fingerprint density at radius 1 is 1.17 bits per heavy atom. The molecule has 0 atom stereocenters. The molecule has 0 saturated heterocycles. The molecule has 1 aromatic carbocycles. The highest BCUT2D eigenvalue weighted by molar-refractivity contribution is 7.19. The van der Waals surface area contributed by atoms with Gasteiger partial charge in [-0.15, -0.1) is 11.3 Å². The van der Waals surface area contributed by atoms with E-state index in [2.05, 4.69) is 17.3 Å². The van der Waals surface area contributed by atoms with Gasteiger partial charge < -0.3 is 10.2 Å². The number of fused-ring (bicyclic) bond motifs is 3. The molecule has 2 aliphatic rings. The zero-order chi connectivity index (χ0) is 19.8. The molecular weight excluding hydrogens is 380 g/mol. The summed E-state index contributed by atoms with van der Waals surface area (Å²) < 4.78 is 0. The summed E-state index contributed by atoms with van der Waals surface area (Å²) >= 11 is 1.81. The summed E-state index contributed by atoms with van der Waals surface area (Å²) in [6.45, 7) is 0.532. The quantitative estimate of drug-likeness (QED) is 0.672. The number of rotatable bonds is 6. The Morgan fingerprint density at radius 2 is 1.97 bits per heavy atom. The van der Waals surface area contributed by atoms with Crippen LogP contribution < -0.4 is 10.2 Å². The fraction of sp³-hybridized carbons (Fsp3) is 0.435. The average Bonchev–Trinajstić information content (AvgIpc) is 3.52. The number of hydrogen-bond donors (Lipinski definition) is 1. The Hall–Kier alpha value is -2.47. The minimum Gasteiger partial charge on any atom is -0.356 e. The number of aryl methyl sites for hydroxylation is 2. The van der Waals surface area contributed by atoms with E-state index in [1.165, 1.54) is 41.5 Å². The van der Waals surface area contributed by atoms with Crippen LogP contribution in [0, 0.1) is 0 Å². The van der Waals surface area contributed by atoms with Crippen LogP contribution in [-0.2, 0) is 30.6 Å². The maximum Gasteiger partial charge on any atom is 0.227 e. The van der Waals surface area contributed by atoms with Gasteiger partial charge in [-0.1, -0.05) is 30.3 Å². The van der Waals surface area contributed by atoms with Gasteiger partial charge in [-0.05, 0) is 49.7 Å². The number of benzene rings is 1. The summed E-state index contributed by atoms with van der Waals surface area (Å²) in [6.07, 6.45) is 7.45. The smallest absolute Gasteiger partial charge is 0.227 e. The van der Waals surface area contributed by atoms with Gasteiger partial charge in [0, 0.05) is 24.5 Å². The van der Waals surface area contributed by atoms with Crippen molar-refractivity contribution in [3.63, 3.8) is 0 Å². The van der Waals surface area contributed by atoms with E-state index in [9.17, 15) is 4.79 Å². The fourth-order valence-electron chi connectivity index (χ4n) is 4.15. The van der Waals surface area contributed by atoms with Gasteiger partial charge in [0.15, 0.2) is 0 Å². The summed E-state index contributed by atoms with van der Waals surface area (Å²) in [5.41, 5.74) is 2.55. The zero-order valence-electron chi connectivity index (χ0n) is 16.8. The van der Waals surface area contributed by atoms with Gasteiger partial charge in [-0.2, -0.15) is 0 Å². The molecule has 0 spiro atoms. The zero-order valence-corrected chi connectivity index (χ0v) is 17.6. The number of nitrogens with zero attached hydrogens (tertiary/aromatic N) is 3. The summed E-state index contributed by atoms with van der Waals surface area (Å²) in [6, 6.07) is 10.6. The molecule has 1 amide bonds. The van der Waals surface area contributed by atoms with Crippen molar-refractivity contribution in [3.8, 4) is 0 Å². The maximum absolute atomic E-state index is 12.5. The number of amides is 1. The monoisotopic (exact) mass is 406 g/mol. The van der Waals surface area contributed by atoms with E-state index in [4.69, 9.17) is 9.97 Å². The molecule has 5 nitrogen and oxygen atoms in total. The third-order valence-electron chi connectivity index (χ3n) is 5.92. The number of nitrogens with one attached hydrogen (secondary N) is 1. The number of carbonyl (C=O) groups excluding carboxylic acids is 1. The van der Waals surface area contributed by atoms with Gasteiger partial charge in [0.25, 0.3) is 0 Å². The van der Waals surface area contributed by atoms with E-state index >= 15 is 0 Å². The Kier molecular flexibility index (Phi) is 4.96. The number of anilines is 1. The van der Waals surface area contributed by atoms with Crippen molar-refractivity contribution < 1.29 is 4.79 Å². The van der Waals surface area contributed by atoms with Crippen LogP contribution in [0.5, 0.6) is 0 Å². The van der Waals surface area contributed by atoms with Gasteiger partial charge in [-0.25, -0.2) is 9.97 Å². The number of aromatic nitrogens is 2. The van der Waals surface area contributed by atoms with E-state index in [0.717, 1.165) is 29.1 Å². The van der Waals surface area contributed by atoms with Crippen LogP contribution in [0.15, 0.2) is 30.3 Å². The van der Waals surface area contributed by atoms with E-state index in [1.807, 2.05) is 30.3 Å². The van der Waals surface area contributed by atoms with E-state index in [0.29, 0.717) is 18.4 Å². The van der Waals surface area contributed by atoms with Crippen molar-refractivity contribution >= 4 is 33.3 Å². The molecule has 0 bridgehead atoms. The molecule has 2 heterocycles. The largest absolute Gasteiger partial charge is 0.356 e. The van der Waals surface area contributed by atoms with Crippen molar-refractivity contribution in [1.29, 1.82) is 0 Å². The summed E-state index contributed by atoms with van der Waals surface area (Å²) in [5.74, 6) is 1.63. The Balaban J connectivity index is 1.42. The molecule has 0 radical (unpaired) electrons. The van der Waals surface area contributed by atoms with Crippen LogP contribution in [0.4, 0.5) is 5.82 Å². The van der Waals surface area contributed by atoms with Gasteiger partial charge in [-0.3, -0.25) is 4.79 Å². The standard InChI is InChI=1S/C23H26N4OS/c1-27(16-11-12-16)22-21-17-9-5-6-10-18(17)29-23(21)26-19(25-22)13-20(28)24-14-15-7-3-2-4-8-15/h2-4,7-8,16H,5-6,9-14H2,1H3,(H,24,28). The second-order valence-electron chi connectivity index (χ2n) is 8.14. The second-order valence-corrected chi connectivity index (χ2v) is 9.22. The van der Waals surface area contributed by atoms with Gasteiger partial charge >= 0.3 is 0 Å². The molecule has 0 aliphatic heterocycles. The molecule has 0 unspecified atom stereocenters. The third kappa shape index (κ3) is 3.86. The molecule has 6 heteroatoms. The van der Waals surface area contributed by atoms with E-state index in [-0.39, 0.29) is 12.3 Å². The van der Waals surface area contributed by atoms with Gasteiger partial charge in [0.05, 0.1) is 11.8 Å². The van der Waals surface area contributed by atoms with Crippen LogP contribution in [0.25, 0.3) is 10.2 Å². The first kappa shape index (κ1) is 18.6. The molecule has 150 valence electrons. The highest BCUT2D eigenvalue weighted by Gasteiger charge is 2.31. The minimum absolute atomic E-state index is 0.0328. The first-order valence-corrected chi connectivity index (χ1v) is 11.4. The van der Waals surface area contributed by atoms with Crippen LogP contribution in [0.3, 0.4) is 0 Å². The predicted molar refractivity (Wildman–Crippen MR) is 117 cm³/mol. The van der Waals surface area contributed by atoms with Crippen LogP contribution in [-0.4, -0.2) is 29.0 Å². The average molecular weight is 407 g/mol. The molecule has 1 fully saturated rings. The van der Waals surface area contributed by atoms with Crippen molar-refractivity contribution in [2.24, 2.45) is 0 Å². The maximum atomic E-state index is 12.5. The molecule has 2 aliphatic carbocycles. The molecule has 2 aromatic heterocycles. The summed E-state index contributed by atoms with van der Waals surface area (Å²) in [4.78, 5) is 27.1. The fourth-order valence-corrected chi connectivity index (χ4v) is 5.43. The lowest BCUT2D eigenvalue weighted by Gasteiger charge is -2.20. The second kappa shape index (κ2) is 7.75. The molecule has 1 N–H and O–H groups in total. The van der Waals surface area contributed by atoms with Gasteiger partial charge in [0.2, 0.25) is 5.91 Å². The van der Waals surface area contributed by atoms with E-state index < -0.39 is 0 Å². The van der Waals surface area contributed by atoms with Gasteiger partial charge in [0.1, 0.15) is 16.5 Å². The van der Waals surface area contributed by atoms with Crippen molar-refractivity contribution in [2.45, 2.75) is 57.5 Å². The van der Waals surface area contributed by atoms with Crippen LogP contribution >= 0.6 is 11.3 Å². The van der Waals surface area contributed by atoms with Crippen molar-refractivity contribution in [3.05, 3.63) is 52.2 Å². The molecule has 5 rings (SSSR count). The Morgan fingerprint density at radius 3 is 2.76 bits per heavy atom. The molecule has 3 aromatic rings. The highest BCUT2D eigenvalue weighted by atomic mass is 32.1. The predicted octanol–water partition coefficient (Wildman–Crippen LogP) is 4.03. The van der Waals surface area contributed by atoms with Crippen LogP contribution in [0.1, 0.15) is 47.5 Å². The third-order valence-corrected chi connectivity index (χ3v) is 7.11. The van der Waals surface area contributed by atoms with Crippen molar-refractivity contribution in [1.82, 2.24) is 15.3 Å². The molecule has 1 saturated carbocycles. The normalized spacial score (nSPS) is 15.9. The van der Waals surface area contributed by atoms with E-state index in [1.54, 1.807) is 11.3 Å². The number of carbonyl (C=O) groups is 1. The lowest BCUT2D eigenvalue weighted by atomic mass is 9.97. The van der Waals surface area contributed by atoms with Crippen molar-refractivity contribution in [2.75, 3.05) is 11.9 Å². The minimum atomic E-state index is -0.0328. The van der Waals surface area contributed by atoms with Crippen LogP contribution in [0.2, 0.25) is 0 Å². The Bertz CT molecular complexity index is 1040. The highest BCUT2D eigenvalue weighted by Crippen LogP contribution is 2.41. The summed E-state index contributed by atoms with van der Waals surface area (Å²) in [5, 5.41) is 4.24. The SMILES string of the molecule is CN(c1nc(CC(=O)NCc2ccccc2)nc2sc3c(c12)CCCC3)C1CC1. The lowest BCUT2D eigenvalue weighted by Crippen LogP contribution is -2.26. The number of thiophene rings is 1. The molecular formula is C23H26N4OS. The topological polar surface area (TPSA) is 58.1 Å². The summed E-state index contributed by atoms with van der Waals surface area (Å²) in [7, 11) is 2.14.